The Labute approximate surface area is 78.4 Å². The van der Waals surface area contributed by atoms with Gasteiger partial charge in [-0.15, -0.1) is 0 Å². The number of fused-ring (bicyclic) bond motifs is 2. The molecule has 3 fully saturated rings. The van der Waals surface area contributed by atoms with Gasteiger partial charge in [-0.25, -0.2) is 0 Å². The molecule has 0 aliphatic heterocycles. The molecule has 0 saturated heterocycles. The fraction of sp³-hybridized carbons (Fsp3) is 0.900. The van der Waals surface area contributed by atoms with E-state index in [1.54, 1.807) is 6.92 Å². The summed E-state index contributed by atoms with van der Waals surface area (Å²) in [6.07, 6.45) is 1.81. The quantitative estimate of drug-likeness (QED) is 0.443. The lowest BCUT2D eigenvalue weighted by atomic mass is 9.44. The van der Waals surface area contributed by atoms with Crippen LogP contribution in [0, 0.1) is 17.3 Å². The lowest BCUT2D eigenvalue weighted by Gasteiger charge is -2.62. The maximum atomic E-state index is 10.2. The van der Waals surface area contributed by atoms with Gasteiger partial charge < -0.3 is 10.3 Å². The molecule has 13 heavy (non-hydrogen) atoms. The van der Waals surface area contributed by atoms with Gasteiger partial charge in [0.1, 0.15) is 5.60 Å². The fourth-order valence-corrected chi connectivity index (χ4v) is 3.10. The molecule has 0 aromatic rings. The minimum absolute atomic E-state index is 0.206. The van der Waals surface area contributed by atoms with Crippen LogP contribution in [0.15, 0.2) is 5.16 Å². The zero-order valence-corrected chi connectivity index (χ0v) is 8.41. The van der Waals surface area contributed by atoms with E-state index in [2.05, 4.69) is 19.0 Å². The molecule has 3 atom stereocenters. The number of oxime groups is 1. The Morgan fingerprint density at radius 3 is 2.38 bits per heavy atom. The Hall–Kier alpha value is -0.570. The smallest absolute Gasteiger partial charge is 0.106 e. The van der Waals surface area contributed by atoms with E-state index in [4.69, 9.17) is 5.21 Å². The Kier molecular flexibility index (Phi) is 1.57. The van der Waals surface area contributed by atoms with Crippen LogP contribution in [0.3, 0.4) is 0 Å². The van der Waals surface area contributed by atoms with E-state index < -0.39 is 5.60 Å². The zero-order chi connectivity index (χ0) is 9.85. The number of rotatable bonds is 0. The van der Waals surface area contributed by atoms with Crippen molar-refractivity contribution >= 4 is 5.71 Å². The molecule has 3 aliphatic rings. The predicted molar refractivity (Wildman–Crippen MR) is 49.8 cm³/mol. The van der Waals surface area contributed by atoms with Gasteiger partial charge in [-0.05, 0) is 37.0 Å². The SMILES string of the molecule is CC1(O)/C(=N/O)CC2CC1C2(C)C. The molecule has 0 heterocycles. The molecule has 74 valence electrons. The van der Waals surface area contributed by atoms with Crippen molar-refractivity contribution in [3.63, 3.8) is 0 Å². The summed E-state index contributed by atoms with van der Waals surface area (Å²) in [5, 5.41) is 22.2. The minimum atomic E-state index is -0.896. The highest BCUT2D eigenvalue weighted by atomic mass is 16.4. The Bertz CT molecular complexity index is 268. The predicted octanol–water partition coefficient (Wildman–Crippen LogP) is 1.63. The second-order valence-electron chi connectivity index (χ2n) is 5.20. The number of aliphatic hydroxyl groups is 1. The summed E-state index contributed by atoms with van der Waals surface area (Å²) in [7, 11) is 0. The first kappa shape index (κ1) is 9.00. The van der Waals surface area contributed by atoms with Gasteiger partial charge in [0.05, 0.1) is 5.71 Å². The van der Waals surface area contributed by atoms with E-state index in [1.165, 1.54) is 0 Å². The molecule has 3 rings (SSSR count). The van der Waals surface area contributed by atoms with Crippen LogP contribution in [0.4, 0.5) is 0 Å². The highest BCUT2D eigenvalue weighted by Gasteiger charge is 2.61. The van der Waals surface area contributed by atoms with Crippen LogP contribution in [0.25, 0.3) is 0 Å². The molecule has 3 unspecified atom stereocenters. The van der Waals surface area contributed by atoms with Crippen LogP contribution in [-0.4, -0.2) is 21.6 Å². The summed E-state index contributed by atoms with van der Waals surface area (Å²) < 4.78 is 0. The van der Waals surface area contributed by atoms with Crippen molar-refractivity contribution in [2.75, 3.05) is 0 Å². The van der Waals surface area contributed by atoms with Gasteiger partial charge in [0.2, 0.25) is 0 Å². The van der Waals surface area contributed by atoms with Crippen LogP contribution >= 0.6 is 0 Å². The van der Waals surface area contributed by atoms with Crippen molar-refractivity contribution in [3.05, 3.63) is 0 Å². The molecule has 0 aromatic carbocycles. The van der Waals surface area contributed by atoms with E-state index in [0.717, 1.165) is 12.8 Å². The van der Waals surface area contributed by atoms with Crippen LogP contribution in [-0.2, 0) is 0 Å². The first-order chi connectivity index (χ1) is 5.90. The third-order valence-electron chi connectivity index (χ3n) is 4.29. The third kappa shape index (κ3) is 0.909. The van der Waals surface area contributed by atoms with E-state index in [9.17, 15) is 5.11 Å². The summed E-state index contributed by atoms with van der Waals surface area (Å²) >= 11 is 0. The third-order valence-corrected chi connectivity index (χ3v) is 4.29. The second-order valence-corrected chi connectivity index (χ2v) is 5.20. The maximum absolute atomic E-state index is 10.2. The van der Waals surface area contributed by atoms with Crippen molar-refractivity contribution in [2.24, 2.45) is 22.4 Å². The first-order valence-corrected chi connectivity index (χ1v) is 4.84. The fourth-order valence-electron chi connectivity index (χ4n) is 3.10. The van der Waals surface area contributed by atoms with Crippen LogP contribution < -0.4 is 0 Å². The molecular weight excluding hydrogens is 166 g/mol. The molecule has 2 N–H and O–H groups in total. The van der Waals surface area contributed by atoms with Gasteiger partial charge in [0, 0.05) is 0 Å². The van der Waals surface area contributed by atoms with Gasteiger partial charge in [0.25, 0.3) is 0 Å². The van der Waals surface area contributed by atoms with E-state index in [1.807, 2.05) is 0 Å². The summed E-state index contributed by atoms with van der Waals surface area (Å²) in [5.74, 6) is 0.841. The standard InChI is InChI=1S/C10H17NO2/c1-9(2)6-4-7(9)10(3,12)8(5-6)11-13/h6-7,12-13H,4-5H2,1-3H3/b11-8+. The Morgan fingerprint density at radius 1 is 1.38 bits per heavy atom. The summed E-state index contributed by atoms with van der Waals surface area (Å²) in [5.41, 5.74) is -0.127. The minimum Gasteiger partial charge on any atom is -0.411 e. The van der Waals surface area contributed by atoms with Gasteiger partial charge in [-0.1, -0.05) is 19.0 Å². The van der Waals surface area contributed by atoms with Crippen molar-refractivity contribution < 1.29 is 10.3 Å². The second kappa shape index (κ2) is 2.27. The molecule has 3 aliphatic carbocycles. The summed E-state index contributed by atoms with van der Waals surface area (Å²) in [6, 6.07) is 0. The maximum Gasteiger partial charge on any atom is 0.106 e. The Balaban J connectivity index is 2.34. The van der Waals surface area contributed by atoms with Crippen LogP contribution in [0.5, 0.6) is 0 Å². The molecule has 0 aromatic heterocycles. The van der Waals surface area contributed by atoms with E-state index in [-0.39, 0.29) is 11.3 Å². The van der Waals surface area contributed by atoms with Crippen molar-refractivity contribution in [2.45, 2.75) is 39.2 Å². The number of hydrogen-bond donors (Lipinski definition) is 2. The van der Waals surface area contributed by atoms with Crippen molar-refractivity contribution in [1.29, 1.82) is 0 Å². The van der Waals surface area contributed by atoms with E-state index in [0.29, 0.717) is 11.6 Å². The van der Waals surface area contributed by atoms with Gasteiger partial charge in [-0.3, -0.25) is 0 Å². The monoisotopic (exact) mass is 183 g/mol. The first-order valence-electron chi connectivity index (χ1n) is 4.84. The average molecular weight is 183 g/mol. The average Bonchev–Trinajstić information content (AvgIpc) is 2.01. The van der Waals surface area contributed by atoms with Gasteiger partial charge >= 0.3 is 0 Å². The van der Waals surface area contributed by atoms with E-state index >= 15 is 0 Å². The normalized spacial score (nSPS) is 50.3. The zero-order valence-electron chi connectivity index (χ0n) is 8.41. The van der Waals surface area contributed by atoms with Crippen molar-refractivity contribution in [3.8, 4) is 0 Å². The van der Waals surface area contributed by atoms with Gasteiger partial charge in [-0.2, -0.15) is 0 Å². The molecule has 0 amide bonds. The Morgan fingerprint density at radius 2 is 2.00 bits per heavy atom. The topological polar surface area (TPSA) is 52.8 Å². The van der Waals surface area contributed by atoms with Gasteiger partial charge in [0.15, 0.2) is 0 Å². The molecule has 3 nitrogen and oxygen atoms in total. The van der Waals surface area contributed by atoms with Crippen LogP contribution in [0.2, 0.25) is 0 Å². The molecule has 3 saturated carbocycles. The number of hydrogen-bond acceptors (Lipinski definition) is 3. The highest BCUT2D eigenvalue weighted by molar-refractivity contribution is 5.94. The lowest BCUT2D eigenvalue weighted by Crippen LogP contribution is -2.64. The summed E-state index contributed by atoms with van der Waals surface area (Å²) in [4.78, 5) is 0. The molecule has 0 radical (unpaired) electrons. The number of nitrogens with zero attached hydrogens (tertiary/aromatic N) is 1. The molecule has 3 heteroatoms. The molecule has 2 bridgehead atoms. The lowest BCUT2D eigenvalue weighted by molar-refractivity contribution is -0.135. The largest absolute Gasteiger partial charge is 0.411 e. The summed E-state index contributed by atoms with van der Waals surface area (Å²) in [6.45, 7) is 6.15. The highest BCUT2D eigenvalue weighted by Crippen LogP contribution is 2.61. The van der Waals surface area contributed by atoms with Crippen molar-refractivity contribution in [1.82, 2.24) is 0 Å². The molecular formula is C10H17NO2. The molecule has 0 spiro atoms. The van der Waals surface area contributed by atoms with Crippen LogP contribution in [0.1, 0.15) is 33.6 Å².